The zero-order valence-electron chi connectivity index (χ0n) is 2.05. The van der Waals surface area contributed by atoms with E-state index in [0.29, 0.717) is 0 Å². The predicted octanol–water partition coefficient (Wildman–Crippen LogP) is -2.21. The van der Waals surface area contributed by atoms with Gasteiger partial charge in [-0.05, 0) is 0 Å². The maximum atomic E-state index is 8.69. The second-order valence-electron chi connectivity index (χ2n) is 0.396. The first-order valence-electron chi connectivity index (χ1n) is 0.632. The van der Waals surface area contributed by atoms with E-state index in [4.69, 9.17) is 15.7 Å². The fourth-order valence-corrected chi connectivity index (χ4v) is 0. The van der Waals surface area contributed by atoms with E-state index in [-0.39, 0.29) is 70.2 Å². The van der Waals surface area contributed by atoms with E-state index in [0.717, 1.165) is 0 Å². The number of hydrogen-bond donors (Lipinski definition) is 1. The molecule has 0 amide bonds. The molecule has 36 valence electrons. The summed E-state index contributed by atoms with van der Waals surface area (Å²) in [5.41, 5.74) is 0. The first-order valence-corrected chi connectivity index (χ1v) is 2.61. The minimum atomic E-state index is -5.38. The van der Waals surface area contributed by atoms with Gasteiger partial charge in [0.2, 0.25) is 0 Å². The van der Waals surface area contributed by atoms with Crippen molar-refractivity contribution in [3.8, 4) is 0 Å². The van der Waals surface area contributed by atoms with Gasteiger partial charge >= 0.3 is 98.9 Å². The number of rotatable bonds is 0. The molecule has 1 N–H and O–H groups in total. The second kappa shape index (κ2) is 6.24. The molecule has 0 aliphatic rings. The van der Waals surface area contributed by atoms with Crippen LogP contribution in [0.25, 0.3) is 0 Å². The molecule has 0 saturated heterocycles. The third kappa shape index (κ3) is 67.9. The van der Waals surface area contributed by atoms with Crippen LogP contribution >= 0.6 is 0 Å². The third-order valence-electron chi connectivity index (χ3n) is 0. The van der Waals surface area contributed by atoms with Crippen LogP contribution in [0, 0.1) is 0 Å². The van der Waals surface area contributed by atoms with Crippen molar-refractivity contribution >= 4 is 70.2 Å². The van der Waals surface area contributed by atoms with Crippen LogP contribution in [0.2, 0.25) is 0 Å². The molecular formula is H3KLiMnO4. The van der Waals surface area contributed by atoms with E-state index in [1.807, 2.05) is 0 Å². The summed E-state index contributed by atoms with van der Waals surface area (Å²) in [5, 5.41) is 0. The predicted molar refractivity (Wildman–Crippen MR) is 18.6 cm³/mol. The molecule has 0 aliphatic heterocycles. The van der Waals surface area contributed by atoms with Crippen LogP contribution in [0.1, 0.15) is 0 Å². The monoisotopic (exact) mass is 168 g/mol. The summed E-state index contributed by atoms with van der Waals surface area (Å²) >= 11 is -5.38. The van der Waals surface area contributed by atoms with Crippen LogP contribution in [-0.4, -0.2) is 74.4 Å². The molecule has 0 heterocycles. The molecule has 0 spiro atoms. The molecule has 0 atom stereocenters. The van der Waals surface area contributed by atoms with E-state index in [1.165, 1.54) is 0 Å². The molecule has 0 radical (unpaired) electrons. The van der Waals surface area contributed by atoms with Gasteiger partial charge in [0.05, 0.1) is 0 Å². The van der Waals surface area contributed by atoms with Gasteiger partial charge in [0.15, 0.2) is 0 Å². The molecule has 0 aromatic rings. The van der Waals surface area contributed by atoms with Gasteiger partial charge in [-0.25, -0.2) is 0 Å². The maximum absolute atomic E-state index is 8.69. The topological polar surface area (TPSA) is 71.4 Å². The van der Waals surface area contributed by atoms with Gasteiger partial charge in [0.1, 0.15) is 0 Å². The molecule has 0 saturated carbocycles. The fraction of sp³-hybridized carbons (Fsp3) is 0. The normalized spacial score (nSPS) is 8.14. The van der Waals surface area contributed by atoms with Gasteiger partial charge in [-0.1, -0.05) is 0 Å². The summed E-state index contributed by atoms with van der Waals surface area (Å²) in [5.74, 6) is 0. The van der Waals surface area contributed by atoms with Crippen LogP contribution in [0.3, 0.4) is 0 Å². The Kier molecular flexibility index (Phi) is 14.3. The molecule has 7 heavy (non-hydrogen) atoms. The van der Waals surface area contributed by atoms with Crippen molar-refractivity contribution in [3.63, 3.8) is 0 Å². The summed E-state index contributed by atoms with van der Waals surface area (Å²) in [6.07, 6.45) is 0. The molecule has 0 aromatic heterocycles. The quantitative estimate of drug-likeness (QED) is 0.416. The molecule has 0 fully saturated rings. The van der Waals surface area contributed by atoms with Gasteiger partial charge in [-0.2, -0.15) is 0 Å². The van der Waals surface area contributed by atoms with Gasteiger partial charge < -0.3 is 0 Å². The molecule has 0 aromatic carbocycles. The first kappa shape index (κ1) is 16.1. The summed E-state index contributed by atoms with van der Waals surface area (Å²) < 4.78 is 33.1. The number of hydrogen-bond acceptors (Lipinski definition) is 3. The minimum absolute atomic E-state index is 0. The zero-order valence-corrected chi connectivity index (χ0v) is 3.23. The van der Waals surface area contributed by atoms with Crippen molar-refractivity contribution in [3.05, 3.63) is 0 Å². The average molecular weight is 168 g/mol. The van der Waals surface area contributed by atoms with Crippen LogP contribution < -0.4 is 0 Å². The van der Waals surface area contributed by atoms with Crippen LogP contribution in [0.15, 0.2) is 0 Å². The molecule has 4 nitrogen and oxygen atoms in total. The fourth-order valence-electron chi connectivity index (χ4n) is 0. The van der Waals surface area contributed by atoms with E-state index in [9.17, 15) is 0 Å². The molecule has 7 heteroatoms. The average Bonchev–Trinajstić information content (AvgIpc) is 0.722. The van der Waals surface area contributed by atoms with Gasteiger partial charge in [-0.3, -0.25) is 0 Å². The molecular weight excluding hydrogens is 165 g/mol. The van der Waals surface area contributed by atoms with Crippen molar-refractivity contribution in [1.29, 1.82) is 0 Å². The van der Waals surface area contributed by atoms with Crippen molar-refractivity contribution in [1.82, 2.24) is 0 Å². The van der Waals surface area contributed by atoms with E-state index in [1.54, 1.807) is 0 Å². The van der Waals surface area contributed by atoms with Crippen molar-refractivity contribution in [2.75, 3.05) is 0 Å². The Bertz CT molecular complexity index is 133. The van der Waals surface area contributed by atoms with E-state index in [2.05, 4.69) is 0 Å². The van der Waals surface area contributed by atoms with Gasteiger partial charge in [-0.15, -0.1) is 0 Å². The first-order chi connectivity index (χ1) is 2.00. The Morgan fingerprint density at radius 2 is 1.14 bits per heavy atom. The van der Waals surface area contributed by atoms with Gasteiger partial charge in [0.25, 0.3) is 0 Å². The summed E-state index contributed by atoms with van der Waals surface area (Å²) in [4.78, 5) is 0. The standard InChI is InChI=1S/K.Li.Mn.H2O.3O.2H/h;;;1H2;;;;;/q;;+1;;;;;;/p-1. The molecule has 0 rings (SSSR count). The Hall–Kier alpha value is 2.11. The Morgan fingerprint density at radius 1 is 1.14 bits per heavy atom. The van der Waals surface area contributed by atoms with Crippen LogP contribution in [0.4, 0.5) is 0 Å². The van der Waals surface area contributed by atoms with Crippen molar-refractivity contribution in [2.45, 2.75) is 0 Å². The SMILES string of the molecule is [KH].[LiH].[O]=[Mn](=[O])(=[O])[OH]. The summed E-state index contributed by atoms with van der Waals surface area (Å²) in [6, 6.07) is 0. The summed E-state index contributed by atoms with van der Waals surface area (Å²) in [7, 11) is 0. The van der Waals surface area contributed by atoms with E-state index >= 15 is 0 Å². The van der Waals surface area contributed by atoms with Gasteiger partial charge in [0, 0.05) is 0 Å². The third-order valence-corrected chi connectivity index (χ3v) is 0. The van der Waals surface area contributed by atoms with Crippen LogP contribution in [-0.2, 0) is 24.5 Å². The Labute approximate surface area is 96.8 Å². The molecule has 0 bridgehead atoms. The Balaban J connectivity index is -0.0000000800. The van der Waals surface area contributed by atoms with Crippen LogP contribution in [0.5, 0.6) is 0 Å². The summed E-state index contributed by atoms with van der Waals surface area (Å²) in [6.45, 7) is 0. The molecule has 0 aliphatic carbocycles. The molecule has 0 unspecified atom stereocenters. The van der Waals surface area contributed by atoms with Crippen molar-refractivity contribution in [2.24, 2.45) is 0 Å². The van der Waals surface area contributed by atoms with Crippen molar-refractivity contribution < 1.29 is 28.7 Å². The second-order valence-corrected chi connectivity index (χ2v) is 1.63. The van der Waals surface area contributed by atoms with E-state index < -0.39 is 13.0 Å². The Morgan fingerprint density at radius 3 is 1.14 bits per heavy atom. The zero-order chi connectivity index (χ0) is 4.50.